The lowest BCUT2D eigenvalue weighted by Crippen LogP contribution is -2.55. The summed E-state index contributed by atoms with van der Waals surface area (Å²) in [6.07, 6.45) is 1.83. The molecular weight excluding hydrogens is 528 g/mol. The number of likely N-dealkylation sites (tertiary alicyclic amines) is 1. The van der Waals surface area contributed by atoms with Gasteiger partial charge >= 0.3 is 5.97 Å². The molecular formula is C27H25BrN2O6. The van der Waals surface area contributed by atoms with Gasteiger partial charge in [-0.3, -0.25) is 19.4 Å². The Morgan fingerprint density at radius 2 is 1.89 bits per heavy atom. The predicted molar refractivity (Wildman–Crippen MR) is 132 cm³/mol. The number of carbonyl (C=O) groups excluding carboxylic acids is 3. The van der Waals surface area contributed by atoms with Crippen LogP contribution in [0.5, 0.6) is 11.5 Å². The summed E-state index contributed by atoms with van der Waals surface area (Å²) >= 11 is 3.56. The van der Waals surface area contributed by atoms with Gasteiger partial charge in [0.15, 0.2) is 5.54 Å². The Labute approximate surface area is 216 Å². The van der Waals surface area contributed by atoms with Crippen LogP contribution >= 0.6 is 15.9 Å². The molecule has 0 N–H and O–H groups in total. The number of hydrogen-bond acceptors (Lipinski definition) is 7. The molecule has 4 aliphatic heterocycles. The zero-order valence-electron chi connectivity index (χ0n) is 20.1. The summed E-state index contributed by atoms with van der Waals surface area (Å²) < 4.78 is 17.6. The third kappa shape index (κ3) is 2.87. The van der Waals surface area contributed by atoms with Gasteiger partial charge in [0.2, 0.25) is 11.8 Å². The molecule has 9 heteroatoms. The fourth-order valence-corrected chi connectivity index (χ4v) is 6.98. The monoisotopic (exact) mass is 552 g/mol. The predicted octanol–water partition coefficient (Wildman–Crippen LogP) is 3.42. The van der Waals surface area contributed by atoms with Crippen molar-refractivity contribution in [1.29, 1.82) is 0 Å². The van der Waals surface area contributed by atoms with Crippen molar-refractivity contribution in [3.05, 3.63) is 69.7 Å². The maximum atomic E-state index is 13.8. The third-order valence-electron chi connectivity index (χ3n) is 7.97. The number of hydrogen-bond donors (Lipinski definition) is 0. The number of rotatable bonds is 4. The Kier molecular flexibility index (Phi) is 5.28. The maximum Gasteiger partial charge on any atom is 0.331 e. The van der Waals surface area contributed by atoms with Gasteiger partial charge in [-0.05, 0) is 54.5 Å². The van der Waals surface area contributed by atoms with Gasteiger partial charge in [0.25, 0.3) is 0 Å². The molecule has 2 fully saturated rings. The lowest BCUT2D eigenvalue weighted by atomic mass is 9.78. The second-order valence-electron chi connectivity index (χ2n) is 9.46. The fraction of sp³-hybridized carbons (Fsp3) is 0.370. The standard InChI is InChI=1S/C27H25BrN2O6/c1-4-29-24(31)20-21(25(29)32)27(26(33)35-3)12-15-13-36-19-10-7-16(28)11-18(19)22(15)30(27)23(20)14-5-8-17(34-2)9-6-14/h5-12,20-23H,4,13H2,1-3H3/t20-,21-,22+,23-,27-/m1/s1. The molecule has 0 bridgehead atoms. The van der Waals surface area contributed by atoms with Crippen LogP contribution in [0.4, 0.5) is 0 Å². The Balaban J connectivity index is 1.62. The second kappa shape index (κ2) is 8.18. The highest BCUT2D eigenvalue weighted by molar-refractivity contribution is 9.10. The number of carbonyl (C=O) groups is 3. The van der Waals surface area contributed by atoms with E-state index in [1.165, 1.54) is 12.0 Å². The summed E-state index contributed by atoms with van der Waals surface area (Å²) in [6, 6.07) is 12.3. The lowest BCUT2D eigenvalue weighted by Gasteiger charge is -2.41. The zero-order chi connectivity index (χ0) is 25.4. The van der Waals surface area contributed by atoms with Gasteiger partial charge in [-0.15, -0.1) is 0 Å². The van der Waals surface area contributed by atoms with E-state index in [0.717, 1.165) is 21.2 Å². The van der Waals surface area contributed by atoms with Crippen LogP contribution in [-0.2, 0) is 19.1 Å². The van der Waals surface area contributed by atoms with Crippen LogP contribution in [0.3, 0.4) is 0 Å². The average molecular weight is 553 g/mol. The highest BCUT2D eigenvalue weighted by Gasteiger charge is 2.75. The molecule has 0 unspecified atom stereocenters. The third-order valence-corrected chi connectivity index (χ3v) is 8.46. The van der Waals surface area contributed by atoms with Crippen molar-refractivity contribution in [3.8, 4) is 11.5 Å². The van der Waals surface area contributed by atoms with E-state index >= 15 is 0 Å². The average Bonchev–Trinajstić information content (AvgIpc) is 3.47. The van der Waals surface area contributed by atoms with Crippen molar-refractivity contribution in [2.45, 2.75) is 24.5 Å². The van der Waals surface area contributed by atoms with Crippen LogP contribution in [0, 0.1) is 11.8 Å². The highest BCUT2D eigenvalue weighted by Crippen LogP contribution is 2.64. The van der Waals surface area contributed by atoms with Crippen molar-refractivity contribution in [2.24, 2.45) is 11.8 Å². The quantitative estimate of drug-likeness (QED) is 0.326. The second-order valence-corrected chi connectivity index (χ2v) is 10.4. The van der Waals surface area contributed by atoms with Crippen LogP contribution in [-0.4, -0.2) is 60.5 Å². The van der Waals surface area contributed by atoms with Gasteiger partial charge in [-0.25, -0.2) is 4.79 Å². The number of fused-ring (bicyclic) bond motifs is 7. The van der Waals surface area contributed by atoms with Gasteiger partial charge in [0.05, 0.1) is 32.1 Å². The normalized spacial score (nSPS) is 30.2. The first-order valence-electron chi connectivity index (χ1n) is 11.9. The number of imide groups is 1. The number of amides is 2. The van der Waals surface area contributed by atoms with Crippen molar-refractivity contribution in [2.75, 3.05) is 27.4 Å². The summed E-state index contributed by atoms with van der Waals surface area (Å²) in [4.78, 5) is 44.5. The first-order chi connectivity index (χ1) is 17.4. The molecule has 0 saturated carbocycles. The van der Waals surface area contributed by atoms with Crippen LogP contribution in [0.1, 0.15) is 30.1 Å². The van der Waals surface area contributed by atoms with Crippen molar-refractivity contribution < 1.29 is 28.6 Å². The molecule has 0 radical (unpaired) electrons. The summed E-state index contributed by atoms with van der Waals surface area (Å²) in [5.41, 5.74) is 1.14. The van der Waals surface area contributed by atoms with Gasteiger partial charge < -0.3 is 14.2 Å². The number of nitrogens with zero attached hydrogens (tertiary/aromatic N) is 2. The molecule has 36 heavy (non-hydrogen) atoms. The number of benzene rings is 2. The number of halogens is 1. The molecule has 2 aromatic rings. The van der Waals surface area contributed by atoms with Gasteiger partial charge in [-0.2, -0.15) is 0 Å². The fourth-order valence-electron chi connectivity index (χ4n) is 6.61. The Morgan fingerprint density at radius 1 is 1.14 bits per heavy atom. The van der Waals surface area contributed by atoms with Gasteiger partial charge in [-0.1, -0.05) is 28.1 Å². The Bertz CT molecular complexity index is 1320. The van der Waals surface area contributed by atoms with E-state index in [1.807, 2.05) is 53.4 Å². The molecule has 2 aromatic carbocycles. The molecule has 4 heterocycles. The van der Waals surface area contributed by atoms with E-state index < -0.39 is 29.4 Å². The molecule has 4 aliphatic rings. The van der Waals surface area contributed by atoms with Crippen LogP contribution in [0.25, 0.3) is 0 Å². The largest absolute Gasteiger partial charge is 0.497 e. The zero-order valence-corrected chi connectivity index (χ0v) is 21.7. The lowest BCUT2D eigenvalue weighted by molar-refractivity contribution is -0.157. The van der Waals surface area contributed by atoms with Crippen LogP contribution in [0.2, 0.25) is 0 Å². The van der Waals surface area contributed by atoms with E-state index in [4.69, 9.17) is 14.2 Å². The minimum atomic E-state index is -1.44. The van der Waals surface area contributed by atoms with E-state index in [0.29, 0.717) is 11.5 Å². The van der Waals surface area contributed by atoms with Crippen LogP contribution in [0.15, 0.2) is 58.6 Å². The molecule has 0 spiro atoms. The summed E-state index contributed by atoms with van der Waals surface area (Å²) in [6.45, 7) is 2.30. The van der Waals surface area contributed by atoms with Gasteiger partial charge in [0.1, 0.15) is 18.1 Å². The Hall–Kier alpha value is -3.17. The molecule has 0 aliphatic carbocycles. The molecule has 8 nitrogen and oxygen atoms in total. The van der Waals surface area contributed by atoms with Crippen molar-refractivity contribution >= 4 is 33.7 Å². The highest BCUT2D eigenvalue weighted by atomic mass is 79.9. The Morgan fingerprint density at radius 3 is 2.56 bits per heavy atom. The van der Waals surface area contributed by atoms with E-state index in [9.17, 15) is 14.4 Å². The minimum absolute atomic E-state index is 0.246. The minimum Gasteiger partial charge on any atom is -0.497 e. The maximum absolute atomic E-state index is 13.8. The molecule has 2 amide bonds. The van der Waals surface area contributed by atoms with Gasteiger partial charge in [0, 0.05) is 22.6 Å². The number of methoxy groups -OCH3 is 2. The molecule has 0 aromatic heterocycles. The summed E-state index contributed by atoms with van der Waals surface area (Å²) in [5.74, 6) is -1.41. The molecule has 2 saturated heterocycles. The summed E-state index contributed by atoms with van der Waals surface area (Å²) in [7, 11) is 2.92. The van der Waals surface area contributed by atoms with Crippen molar-refractivity contribution in [1.82, 2.24) is 9.80 Å². The number of ether oxygens (including phenoxy) is 3. The SMILES string of the molecule is CCN1C(=O)[C@H]2[C@@H](c3ccc(OC)cc3)N3[C@H]4C(=C[C@]3(C(=O)OC)[C@H]2C1=O)COc1ccc(Br)cc14. The summed E-state index contributed by atoms with van der Waals surface area (Å²) in [5, 5.41) is 0. The smallest absolute Gasteiger partial charge is 0.331 e. The van der Waals surface area contributed by atoms with Crippen LogP contribution < -0.4 is 9.47 Å². The van der Waals surface area contributed by atoms with Crippen molar-refractivity contribution in [3.63, 3.8) is 0 Å². The molecule has 186 valence electrons. The molecule has 6 rings (SSSR count). The topological polar surface area (TPSA) is 85.4 Å². The van der Waals surface area contributed by atoms with E-state index in [2.05, 4.69) is 15.9 Å². The van der Waals surface area contributed by atoms with E-state index in [-0.39, 0.29) is 31.0 Å². The first-order valence-corrected chi connectivity index (χ1v) is 12.7. The number of esters is 1. The van der Waals surface area contributed by atoms with E-state index in [1.54, 1.807) is 14.0 Å². The molecule has 5 atom stereocenters. The first kappa shape index (κ1) is 23.2.